The minimum absolute atomic E-state index is 0.234. The van der Waals surface area contributed by atoms with Gasteiger partial charge in [0.15, 0.2) is 0 Å². The number of unbranched alkanes of at least 4 members (excludes halogenated alkanes) is 14. The van der Waals surface area contributed by atoms with Crippen LogP contribution < -0.4 is 5.11 Å². The number of hydrogen-bond donors (Lipinski definition) is 0. The number of carboxylic acid groups (broad SMARTS) is 1. The van der Waals surface area contributed by atoms with E-state index < -0.39 is 25.0 Å². The van der Waals surface area contributed by atoms with Crippen molar-refractivity contribution in [1.29, 1.82) is 0 Å². The van der Waals surface area contributed by atoms with Crippen LogP contribution in [-0.2, 0) is 33.8 Å². The number of carbonyl (C=O) groups excluding carboxylic acids is 1. The number of rotatable bonds is 25. The topological polar surface area (TPSA) is 67.8 Å². The molecule has 0 aliphatic rings. The van der Waals surface area contributed by atoms with Crippen LogP contribution in [0.15, 0.2) is 0 Å². The van der Waals surface area contributed by atoms with Crippen molar-refractivity contribution in [2.75, 3.05) is 19.8 Å². The Morgan fingerprint density at radius 3 is 1.09 bits per heavy atom. The van der Waals surface area contributed by atoms with Gasteiger partial charge in [-0.15, -0.1) is 0 Å². The number of carboxylic acids is 1. The van der Waals surface area contributed by atoms with Crippen LogP contribution in [0.4, 0.5) is 0 Å². The average Bonchev–Trinajstić information content (AvgIpc) is 2.81. The van der Waals surface area contributed by atoms with Crippen LogP contribution in [0.3, 0.4) is 0 Å². The molecule has 0 N–H and O–H groups in total. The average molecular weight is 509 g/mol. The summed E-state index contributed by atoms with van der Waals surface area (Å²) in [7, 11) is 0. The molecule has 0 aliphatic heterocycles. The van der Waals surface area contributed by atoms with E-state index >= 15 is 0 Å². The van der Waals surface area contributed by atoms with E-state index in [-0.39, 0.29) is 6.42 Å². The fourth-order valence-corrected chi connectivity index (χ4v) is 5.45. The van der Waals surface area contributed by atoms with E-state index in [0.717, 1.165) is 51.9 Å². The molecular weight excluding hydrogens is 452 g/mol. The molecule has 0 aromatic carbocycles. The second kappa shape index (κ2) is 32.1. The monoisotopic (exact) mass is 508 g/mol. The van der Waals surface area contributed by atoms with Gasteiger partial charge in [-0.05, 0) is 12.8 Å². The van der Waals surface area contributed by atoms with Gasteiger partial charge in [0, 0.05) is 5.97 Å². The number of carbonyl (C=O) groups is 1. The van der Waals surface area contributed by atoms with Crippen LogP contribution in [0.25, 0.3) is 0 Å². The Morgan fingerprint density at radius 1 is 0.515 bits per heavy atom. The van der Waals surface area contributed by atoms with E-state index in [0.29, 0.717) is 0 Å². The molecule has 0 aromatic heterocycles. The van der Waals surface area contributed by atoms with Gasteiger partial charge in [-0.3, -0.25) is 0 Å². The third kappa shape index (κ3) is 34.3. The molecule has 0 spiro atoms. The molecular formula is C27H56O5Ti. The van der Waals surface area contributed by atoms with Crippen molar-refractivity contribution in [2.45, 2.75) is 150 Å². The third-order valence-corrected chi connectivity index (χ3v) is 7.32. The van der Waals surface area contributed by atoms with Crippen molar-refractivity contribution >= 4 is 5.97 Å². The second-order valence-corrected chi connectivity index (χ2v) is 11.0. The van der Waals surface area contributed by atoms with Crippen LogP contribution in [0.5, 0.6) is 0 Å². The predicted octanol–water partition coefficient (Wildman–Crippen LogP) is 7.63. The summed E-state index contributed by atoms with van der Waals surface area (Å²) in [6.45, 7) is 10.8. The number of hydrogen-bond acceptors (Lipinski definition) is 5. The van der Waals surface area contributed by atoms with E-state index in [1.54, 1.807) is 0 Å². The molecule has 6 heteroatoms. The minimum atomic E-state index is -2.05. The van der Waals surface area contributed by atoms with E-state index in [4.69, 9.17) is 9.96 Å². The first-order chi connectivity index (χ1) is 16.1. The van der Waals surface area contributed by atoms with E-state index in [1.165, 1.54) is 83.5 Å². The van der Waals surface area contributed by atoms with Gasteiger partial charge in [0.1, 0.15) is 0 Å². The van der Waals surface area contributed by atoms with E-state index in [2.05, 4.69) is 27.7 Å². The second-order valence-electron chi connectivity index (χ2n) is 8.87. The van der Waals surface area contributed by atoms with Crippen LogP contribution in [0, 0.1) is 0 Å². The van der Waals surface area contributed by atoms with E-state index in [1.807, 2.05) is 0 Å². The quantitative estimate of drug-likeness (QED) is 0.0937. The molecule has 0 aromatic rings. The summed E-state index contributed by atoms with van der Waals surface area (Å²) >= 11 is -2.05. The third-order valence-electron chi connectivity index (χ3n) is 5.26. The molecule has 0 fully saturated rings. The number of aliphatic carboxylic acids is 1. The van der Waals surface area contributed by atoms with Gasteiger partial charge in [0.05, 0.1) is 0 Å². The summed E-state index contributed by atoms with van der Waals surface area (Å²) in [4.78, 5) is 10.2. The molecule has 5 nitrogen and oxygen atoms in total. The molecule has 0 aliphatic carbocycles. The molecule has 0 bridgehead atoms. The van der Waals surface area contributed by atoms with Crippen molar-refractivity contribution in [1.82, 2.24) is 0 Å². The molecule has 0 unspecified atom stereocenters. The summed E-state index contributed by atoms with van der Waals surface area (Å²) in [5.74, 6) is -0.903. The van der Waals surface area contributed by atoms with Crippen molar-refractivity contribution in [3.63, 3.8) is 0 Å². The van der Waals surface area contributed by atoms with Crippen molar-refractivity contribution < 1.29 is 38.9 Å². The normalized spacial score (nSPS) is 10.7. The van der Waals surface area contributed by atoms with Crippen LogP contribution in [0.1, 0.15) is 150 Å². The molecule has 0 amide bonds. The van der Waals surface area contributed by atoms with Gasteiger partial charge >= 0.3 is 88.8 Å². The summed E-state index contributed by atoms with van der Waals surface area (Å²) in [6.07, 6.45) is 22.9. The molecule has 0 saturated heterocycles. The molecule has 0 saturated carbocycles. The van der Waals surface area contributed by atoms with Gasteiger partial charge in [0.25, 0.3) is 0 Å². The zero-order chi connectivity index (χ0) is 24.8. The van der Waals surface area contributed by atoms with Gasteiger partial charge in [-0.1, -0.05) is 96.8 Å². The van der Waals surface area contributed by atoms with Gasteiger partial charge in [0.2, 0.25) is 0 Å². The van der Waals surface area contributed by atoms with Gasteiger partial charge in [-0.2, -0.15) is 0 Å². The SMILES string of the molecule is CCCCCCCCCCCCCCCCCC(=O)[O-].CCC[O][Ti+]([O]CCC)[O]CCC. The van der Waals surface area contributed by atoms with Crippen molar-refractivity contribution in [2.24, 2.45) is 0 Å². The Labute approximate surface area is 214 Å². The molecule has 0 atom stereocenters. The molecule has 0 heterocycles. The Kier molecular flexibility index (Phi) is 34.2. The van der Waals surface area contributed by atoms with Crippen molar-refractivity contribution in [3.8, 4) is 0 Å². The molecule has 198 valence electrons. The predicted molar refractivity (Wildman–Crippen MR) is 133 cm³/mol. The maximum atomic E-state index is 10.2. The van der Waals surface area contributed by atoms with Gasteiger partial charge < -0.3 is 9.90 Å². The van der Waals surface area contributed by atoms with Gasteiger partial charge in [-0.25, -0.2) is 0 Å². The molecule has 33 heavy (non-hydrogen) atoms. The van der Waals surface area contributed by atoms with E-state index in [9.17, 15) is 9.90 Å². The fourth-order valence-electron chi connectivity index (χ4n) is 3.32. The molecule has 0 radical (unpaired) electrons. The van der Waals surface area contributed by atoms with Crippen molar-refractivity contribution in [3.05, 3.63) is 0 Å². The first-order valence-electron chi connectivity index (χ1n) is 14.1. The zero-order valence-corrected chi connectivity index (χ0v) is 24.2. The summed E-state index contributed by atoms with van der Waals surface area (Å²) in [6, 6.07) is 0. The first-order valence-corrected chi connectivity index (χ1v) is 16.0. The summed E-state index contributed by atoms with van der Waals surface area (Å²) in [5.41, 5.74) is 0. The standard InChI is InChI=1S/C18H36O2.3C3H7O.Ti/c1-2-3-4-5-6-7-8-9-10-11-12-13-14-15-16-17-18(19)20;3*1-2-3-4;/h2-17H2,1H3,(H,19,20);3*2-3H2,1H3;/q;3*-1;+4/p-1. The Bertz CT molecular complexity index is 349. The summed E-state index contributed by atoms with van der Waals surface area (Å²) < 4.78 is 16.6. The van der Waals surface area contributed by atoms with Crippen LogP contribution >= 0.6 is 0 Å². The van der Waals surface area contributed by atoms with Crippen LogP contribution in [0.2, 0.25) is 0 Å². The zero-order valence-electron chi connectivity index (χ0n) is 22.6. The Morgan fingerprint density at radius 2 is 0.818 bits per heavy atom. The first kappa shape index (κ1) is 35.2. The van der Waals surface area contributed by atoms with Crippen LogP contribution in [-0.4, -0.2) is 25.8 Å². The molecule has 0 rings (SSSR count). The Hall–Kier alpha value is 0.0643. The maximum absolute atomic E-state index is 10.2. The summed E-state index contributed by atoms with van der Waals surface area (Å²) in [5, 5.41) is 10.2. The Balaban J connectivity index is 0. The fraction of sp³-hybridized carbons (Fsp3) is 0.963.